The second-order valence-electron chi connectivity index (χ2n) is 2.77. The van der Waals surface area contributed by atoms with Gasteiger partial charge in [-0.15, -0.1) is 0 Å². The number of oxime groups is 1. The zero-order chi connectivity index (χ0) is 7.40. The lowest BCUT2D eigenvalue weighted by Crippen LogP contribution is -2.30. The third-order valence-corrected chi connectivity index (χ3v) is 2.09. The number of hydrogen-bond acceptors (Lipinski definition) is 3. The van der Waals surface area contributed by atoms with Crippen molar-refractivity contribution in [3.8, 4) is 0 Å². The lowest BCUT2D eigenvalue weighted by Gasteiger charge is -2.21. The highest BCUT2D eigenvalue weighted by atomic mass is 16.4. The molecule has 10 heavy (non-hydrogen) atoms. The Morgan fingerprint density at radius 1 is 1.50 bits per heavy atom. The first-order valence-corrected chi connectivity index (χ1v) is 3.74. The van der Waals surface area contributed by atoms with E-state index in [9.17, 15) is 0 Å². The number of nitrogens with one attached hydrogen (secondary N) is 1. The number of rotatable bonds is 1. The molecule has 1 heterocycles. The molecular weight excluding hydrogens is 128 g/mol. The molecule has 0 aromatic rings. The van der Waals surface area contributed by atoms with Crippen molar-refractivity contribution in [1.29, 1.82) is 0 Å². The lowest BCUT2D eigenvalue weighted by molar-refractivity contribution is 0.310. The molecule has 58 valence electrons. The van der Waals surface area contributed by atoms with E-state index >= 15 is 0 Å². The van der Waals surface area contributed by atoms with Crippen LogP contribution in [0.5, 0.6) is 0 Å². The van der Waals surface area contributed by atoms with E-state index < -0.39 is 0 Å². The zero-order valence-corrected chi connectivity index (χ0v) is 6.30. The van der Waals surface area contributed by atoms with Crippen LogP contribution in [0, 0.1) is 5.92 Å². The van der Waals surface area contributed by atoms with E-state index in [1.54, 1.807) is 0 Å². The largest absolute Gasteiger partial charge is 0.411 e. The van der Waals surface area contributed by atoms with Crippen LogP contribution in [0.3, 0.4) is 0 Å². The van der Waals surface area contributed by atoms with E-state index in [0.717, 1.165) is 31.6 Å². The molecule has 1 aliphatic rings. The number of hydrogen-bond donors (Lipinski definition) is 2. The summed E-state index contributed by atoms with van der Waals surface area (Å²) < 4.78 is 0. The van der Waals surface area contributed by atoms with E-state index in [-0.39, 0.29) is 0 Å². The maximum atomic E-state index is 8.45. The van der Waals surface area contributed by atoms with Crippen molar-refractivity contribution in [3.63, 3.8) is 0 Å². The average Bonchev–Trinajstić information content (AvgIpc) is 2.05. The van der Waals surface area contributed by atoms with E-state index in [2.05, 4.69) is 10.5 Å². The molecule has 0 amide bonds. The molecule has 3 heteroatoms. The van der Waals surface area contributed by atoms with Gasteiger partial charge in [0.2, 0.25) is 0 Å². The molecule has 0 aromatic carbocycles. The summed E-state index contributed by atoms with van der Waals surface area (Å²) in [6.07, 6.45) is 2.21. The Morgan fingerprint density at radius 2 is 2.10 bits per heavy atom. The average molecular weight is 142 g/mol. The minimum atomic E-state index is 0.506. The highest BCUT2D eigenvalue weighted by Crippen LogP contribution is 2.12. The summed E-state index contributed by atoms with van der Waals surface area (Å²) in [6.45, 7) is 3.99. The highest BCUT2D eigenvalue weighted by Gasteiger charge is 2.15. The van der Waals surface area contributed by atoms with Crippen LogP contribution in [0.2, 0.25) is 0 Å². The minimum absolute atomic E-state index is 0.506. The maximum Gasteiger partial charge on any atom is 0.0571 e. The Bertz CT molecular complexity index is 128. The van der Waals surface area contributed by atoms with Gasteiger partial charge in [-0.1, -0.05) is 5.16 Å². The van der Waals surface area contributed by atoms with Crippen LogP contribution in [0.4, 0.5) is 0 Å². The molecule has 1 saturated heterocycles. The molecule has 0 unspecified atom stereocenters. The molecule has 0 aromatic heterocycles. The monoisotopic (exact) mass is 142 g/mol. The normalized spacial score (nSPS) is 23.1. The Morgan fingerprint density at radius 3 is 2.60 bits per heavy atom. The predicted molar refractivity (Wildman–Crippen MR) is 40.5 cm³/mol. The third-order valence-electron chi connectivity index (χ3n) is 2.09. The summed E-state index contributed by atoms with van der Waals surface area (Å²) in [7, 11) is 0. The van der Waals surface area contributed by atoms with Gasteiger partial charge in [0.1, 0.15) is 0 Å². The summed E-state index contributed by atoms with van der Waals surface area (Å²) in [4.78, 5) is 0. The fourth-order valence-electron chi connectivity index (χ4n) is 1.32. The van der Waals surface area contributed by atoms with Gasteiger partial charge >= 0.3 is 0 Å². The van der Waals surface area contributed by atoms with Crippen molar-refractivity contribution < 1.29 is 5.21 Å². The summed E-state index contributed by atoms with van der Waals surface area (Å²) in [6, 6.07) is 0. The molecule has 1 rings (SSSR count). The van der Waals surface area contributed by atoms with E-state index in [4.69, 9.17) is 5.21 Å². The summed E-state index contributed by atoms with van der Waals surface area (Å²) in [5, 5.41) is 14.9. The van der Waals surface area contributed by atoms with E-state index in [0.29, 0.717) is 5.92 Å². The van der Waals surface area contributed by atoms with Gasteiger partial charge in [-0.2, -0.15) is 0 Å². The van der Waals surface area contributed by atoms with Gasteiger partial charge < -0.3 is 10.5 Å². The molecule has 0 bridgehead atoms. The fraction of sp³-hybridized carbons (Fsp3) is 0.857. The zero-order valence-electron chi connectivity index (χ0n) is 6.30. The molecule has 2 N–H and O–H groups in total. The van der Waals surface area contributed by atoms with Crippen molar-refractivity contribution in [3.05, 3.63) is 0 Å². The fourth-order valence-corrected chi connectivity index (χ4v) is 1.32. The molecule has 0 spiro atoms. The van der Waals surface area contributed by atoms with Crippen LogP contribution < -0.4 is 5.32 Å². The van der Waals surface area contributed by atoms with E-state index in [1.165, 1.54) is 0 Å². The Kier molecular flexibility index (Phi) is 2.68. The molecule has 3 nitrogen and oxygen atoms in total. The topological polar surface area (TPSA) is 44.6 Å². The van der Waals surface area contributed by atoms with Crippen LogP contribution >= 0.6 is 0 Å². The van der Waals surface area contributed by atoms with Crippen molar-refractivity contribution in [1.82, 2.24) is 5.32 Å². The Labute approximate surface area is 61.1 Å². The molecular formula is C7H14N2O. The number of nitrogens with zero attached hydrogens (tertiary/aromatic N) is 1. The smallest absolute Gasteiger partial charge is 0.0571 e. The van der Waals surface area contributed by atoms with Crippen LogP contribution in [-0.4, -0.2) is 24.0 Å². The summed E-state index contributed by atoms with van der Waals surface area (Å²) in [5.74, 6) is 0.506. The van der Waals surface area contributed by atoms with Crippen molar-refractivity contribution >= 4 is 5.71 Å². The Balaban J connectivity index is 2.39. The van der Waals surface area contributed by atoms with Crippen LogP contribution in [0.1, 0.15) is 19.8 Å². The SMILES string of the molecule is C/C(=N/O)C1CCNCC1. The molecule has 1 fully saturated rings. The van der Waals surface area contributed by atoms with Gasteiger partial charge in [0.05, 0.1) is 5.71 Å². The number of piperidine rings is 1. The van der Waals surface area contributed by atoms with Gasteiger partial charge in [-0.3, -0.25) is 0 Å². The maximum absolute atomic E-state index is 8.45. The summed E-state index contributed by atoms with van der Waals surface area (Å²) in [5.41, 5.74) is 0.876. The minimum Gasteiger partial charge on any atom is -0.411 e. The first kappa shape index (κ1) is 7.54. The lowest BCUT2D eigenvalue weighted by atomic mass is 9.94. The quantitative estimate of drug-likeness (QED) is 0.323. The second kappa shape index (κ2) is 3.56. The van der Waals surface area contributed by atoms with Gasteiger partial charge in [0.25, 0.3) is 0 Å². The van der Waals surface area contributed by atoms with Crippen molar-refractivity contribution in [2.75, 3.05) is 13.1 Å². The van der Waals surface area contributed by atoms with Crippen LogP contribution in [-0.2, 0) is 0 Å². The van der Waals surface area contributed by atoms with Gasteiger partial charge in [-0.05, 0) is 32.9 Å². The van der Waals surface area contributed by atoms with Crippen LogP contribution in [0.25, 0.3) is 0 Å². The van der Waals surface area contributed by atoms with Gasteiger partial charge in [-0.25, -0.2) is 0 Å². The first-order chi connectivity index (χ1) is 4.84. The predicted octanol–water partition coefficient (Wildman–Crippen LogP) is 0.836. The van der Waals surface area contributed by atoms with Gasteiger partial charge in [0.15, 0.2) is 0 Å². The molecule has 1 aliphatic heterocycles. The van der Waals surface area contributed by atoms with Gasteiger partial charge in [0, 0.05) is 5.92 Å². The first-order valence-electron chi connectivity index (χ1n) is 3.74. The van der Waals surface area contributed by atoms with Crippen LogP contribution in [0.15, 0.2) is 5.16 Å². The van der Waals surface area contributed by atoms with E-state index in [1.807, 2.05) is 6.92 Å². The third kappa shape index (κ3) is 1.70. The molecule has 0 atom stereocenters. The van der Waals surface area contributed by atoms with Crippen molar-refractivity contribution in [2.24, 2.45) is 11.1 Å². The van der Waals surface area contributed by atoms with Crippen molar-refractivity contribution in [2.45, 2.75) is 19.8 Å². The molecule has 0 saturated carbocycles. The second-order valence-corrected chi connectivity index (χ2v) is 2.77. The standard InChI is InChI=1S/C7H14N2O/c1-6(9-10)7-2-4-8-5-3-7/h7-8,10H,2-5H2,1H3/b9-6-. The molecule has 0 radical (unpaired) electrons. The Hall–Kier alpha value is -0.570. The molecule has 0 aliphatic carbocycles. The summed E-state index contributed by atoms with van der Waals surface area (Å²) >= 11 is 0. The highest BCUT2D eigenvalue weighted by molar-refractivity contribution is 5.83.